The van der Waals surface area contributed by atoms with Gasteiger partial charge in [-0.1, -0.05) is 32.6 Å². The number of carbonyl (C=O) groups excluding carboxylic acids is 1. The first-order chi connectivity index (χ1) is 10.5. The minimum Gasteiger partial charge on any atom is -0.353 e. The largest absolute Gasteiger partial charge is 0.353 e. The fourth-order valence-corrected chi connectivity index (χ4v) is 6.62. The molecule has 2 heteroatoms. The lowest BCUT2D eigenvalue weighted by molar-refractivity contribution is -0.135. The predicted octanol–water partition coefficient (Wildman–Crippen LogP) is 4.23. The normalized spacial score (nSPS) is 50.3. The van der Waals surface area contributed by atoms with Gasteiger partial charge in [0.25, 0.3) is 0 Å². The summed E-state index contributed by atoms with van der Waals surface area (Å²) in [6, 6.07) is 0.424. The van der Waals surface area contributed by atoms with E-state index in [2.05, 4.69) is 37.9 Å². The highest BCUT2D eigenvalue weighted by molar-refractivity contribution is 5.77. The molecule has 1 unspecified atom stereocenters. The molecule has 0 aromatic rings. The van der Waals surface area contributed by atoms with Gasteiger partial charge >= 0.3 is 0 Å². The SMILES string of the molecule is C=CC1=CC[C@H]2[C@@H]3CCC4NC(=O)CC[C@]4(C)[C@H]3CC[C@]12C. The highest BCUT2D eigenvalue weighted by atomic mass is 16.1. The molecule has 2 nitrogen and oxygen atoms in total. The Morgan fingerprint density at radius 2 is 2.05 bits per heavy atom. The minimum atomic E-state index is 0.276. The van der Waals surface area contributed by atoms with Gasteiger partial charge in [-0.2, -0.15) is 0 Å². The molecule has 1 heterocycles. The van der Waals surface area contributed by atoms with Crippen molar-refractivity contribution in [2.45, 2.75) is 64.8 Å². The topological polar surface area (TPSA) is 29.1 Å². The Hall–Kier alpha value is -1.05. The van der Waals surface area contributed by atoms with E-state index in [9.17, 15) is 4.79 Å². The van der Waals surface area contributed by atoms with Crippen molar-refractivity contribution in [1.82, 2.24) is 5.32 Å². The first kappa shape index (κ1) is 14.5. The van der Waals surface area contributed by atoms with Crippen LogP contribution in [0.2, 0.25) is 0 Å². The van der Waals surface area contributed by atoms with Crippen LogP contribution in [-0.2, 0) is 4.79 Å². The summed E-state index contributed by atoms with van der Waals surface area (Å²) in [6.45, 7) is 9.00. The van der Waals surface area contributed by atoms with Crippen LogP contribution in [0.4, 0.5) is 0 Å². The van der Waals surface area contributed by atoms with Crippen LogP contribution in [0.1, 0.15) is 58.8 Å². The lowest BCUT2D eigenvalue weighted by Gasteiger charge is -2.60. The van der Waals surface area contributed by atoms with Crippen molar-refractivity contribution in [3.8, 4) is 0 Å². The maximum absolute atomic E-state index is 11.8. The first-order valence-electron chi connectivity index (χ1n) is 9.11. The van der Waals surface area contributed by atoms with Crippen molar-refractivity contribution in [2.24, 2.45) is 28.6 Å². The van der Waals surface area contributed by atoms with E-state index in [1.165, 1.54) is 37.7 Å². The molecule has 1 amide bonds. The van der Waals surface area contributed by atoms with Crippen molar-refractivity contribution < 1.29 is 4.79 Å². The van der Waals surface area contributed by atoms with Gasteiger partial charge in [0.1, 0.15) is 0 Å². The number of hydrogen-bond donors (Lipinski definition) is 1. The van der Waals surface area contributed by atoms with Crippen molar-refractivity contribution in [3.05, 3.63) is 24.3 Å². The average molecular weight is 299 g/mol. The van der Waals surface area contributed by atoms with Crippen LogP contribution >= 0.6 is 0 Å². The molecule has 3 aliphatic carbocycles. The third-order valence-corrected chi connectivity index (χ3v) is 7.96. The van der Waals surface area contributed by atoms with Crippen LogP contribution in [-0.4, -0.2) is 11.9 Å². The molecule has 6 atom stereocenters. The van der Waals surface area contributed by atoms with Gasteiger partial charge in [0.05, 0.1) is 0 Å². The Balaban J connectivity index is 1.64. The van der Waals surface area contributed by atoms with E-state index < -0.39 is 0 Å². The maximum atomic E-state index is 11.8. The second-order valence-corrected chi connectivity index (χ2v) is 8.64. The standard InChI is InChI=1S/C20H29NO/c1-4-13-5-7-15-14-6-8-17-20(3,12-10-18(22)21-17)16(14)9-11-19(13,15)2/h4-5,14-17H,1,6-12H2,2-3H3,(H,21,22)/t14-,15-,16-,17?,19+,20+/m0/s1. The van der Waals surface area contributed by atoms with Crippen molar-refractivity contribution in [2.75, 3.05) is 0 Å². The molecule has 120 valence electrons. The summed E-state index contributed by atoms with van der Waals surface area (Å²) < 4.78 is 0. The third-order valence-electron chi connectivity index (χ3n) is 7.96. The number of rotatable bonds is 1. The zero-order chi connectivity index (χ0) is 15.5. The molecule has 1 N–H and O–H groups in total. The second-order valence-electron chi connectivity index (χ2n) is 8.64. The monoisotopic (exact) mass is 299 g/mol. The first-order valence-corrected chi connectivity index (χ1v) is 9.11. The van der Waals surface area contributed by atoms with Crippen molar-refractivity contribution >= 4 is 5.91 Å². The molecule has 0 spiro atoms. The summed E-state index contributed by atoms with van der Waals surface area (Å²) >= 11 is 0. The van der Waals surface area contributed by atoms with Crippen LogP contribution in [0.25, 0.3) is 0 Å². The van der Waals surface area contributed by atoms with Crippen molar-refractivity contribution in [3.63, 3.8) is 0 Å². The lowest BCUT2D eigenvalue weighted by Crippen LogP contribution is -2.60. The summed E-state index contributed by atoms with van der Waals surface area (Å²) in [5, 5.41) is 3.31. The Morgan fingerprint density at radius 3 is 2.82 bits per heavy atom. The van der Waals surface area contributed by atoms with E-state index in [-0.39, 0.29) is 5.91 Å². The Bertz CT molecular complexity index is 550. The number of amides is 1. The van der Waals surface area contributed by atoms with E-state index >= 15 is 0 Å². The van der Waals surface area contributed by atoms with Crippen LogP contribution in [0.15, 0.2) is 24.3 Å². The third kappa shape index (κ3) is 1.76. The highest BCUT2D eigenvalue weighted by Gasteiger charge is 2.58. The van der Waals surface area contributed by atoms with E-state index in [1.807, 2.05) is 0 Å². The Morgan fingerprint density at radius 1 is 1.23 bits per heavy atom. The number of carbonyl (C=O) groups is 1. The minimum absolute atomic E-state index is 0.276. The summed E-state index contributed by atoms with van der Waals surface area (Å²) in [4.78, 5) is 11.8. The molecular weight excluding hydrogens is 270 g/mol. The predicted molar refractivity (Wildman–Crippen MR) is 89.2 cm³/mol. The van der Waals surface area contributed by atoms with E-state index in [1.54, 1.807) is 0 Å². The van der Waals surface area contributed by atoms with Crippen molar-refractivity contribution in [1.29, 1.82) is 0 Å². The molecule has 4 aliphatic rings. The second kappa shape index (κ2) is 4.72. The van der Waals surface area contributed by atoms with Crippen LogP contribution in [0.3, 0.4) is 0 Å². The van der Waals surface area contributed by atoms with Gasteiger partial charge in [-0.15, -0.1) is 0 Å². The molecule has 0 aromatic carbocycles. The number of hydrogen-bond acceptors (Lipinski definition) is 1. The van der Waals surface area contributed by atoms with E-state index in [4.69, 9.17) is 0 Å². The zero-order valence-corrected chi connectivity index (χ0v) is 14.0. The molecule has 1 saturated heterocycles. The molecule has 22 heavy (non-hydrogen) atoms. The fraction of sp³-hybridized carbons (Fsp3) is 0.750. The smallest absolute Gasteiger partial charge is 0.220 e. The Labute approximate surface area is 134 Å². The Kier molecular flexibility index (Phi) is 3.12. The van der Waals surface area contributed by atoms with Gasteiger partial charge in [0.15, 0.2) is 0 Å². The van der Waals surface area contributed by atoms with E-state index in [0.717, 1.165) is 30.6 Å². The molecule has 0 radical (unpaired) electrons. The number of nitrogens with one attached hydrogen (secondary N) is 1. The number of fused-ring (bicyclic) bond motifs is 5. The number of piperidine rings is 1. The molecule has 3 fully saturated rings. The van der Waals surface area contributed by atoms with E-state index in [0.29, 0.717) is 16.9 Å². The fourth-order valence-electron chi connectivity index (χ4n) is 6.62. The van der Waals surface area contributed by atoms with Crippen LogP contribution in [0, 0.1) is 28.6 Å². The molecular formula is C20H29NO. The molecule has 4 rings (SSSR count). The molecule has 1 aliphatic heterocycles. The quantitative estimate of drug-likeness (QED) is 0.771. The van der Waals surface area contributed by atoms with Gasteiger partial charge < -0.3 is 5.32 Å². The van der Waals surface area contributed by atoms with Gasteiger partial charge in [0, 0.05) is 12.5 Å². The zero-order valence-electron chi connectivity index (χ0n) is 14.0. The van der Waals surface area contributed by atoms with Gasteiger partial charge in [-0.3, -0.25) is 4.79 Å². The van der Waals surface area contributed by atoms with Crippen LogP contribution in [0.5, 0.6) is 0 Å². The molecule has 2 saturated carbocycles. The molecule has 0 aromatic heterocycles. The van der Waals surface area contributed by atoms with Gasteiger partial charge in [-0.05, 0) is 72.7 Å². The van der Waals surface area contributed by atoms with Gasteiger partial charge in [0.2, 0.25) is 5.91 Å². The summed E-state index contributed by atoms with van der Waals surface area (Å²) in [5.74, 6) is 2.71. The molecule has 0 bridgehead atoms. The lowest BCUT2D eigenvalue weighted by atomic mass is 9.47. The summed E-state index contributed by atoms with van der Waals surface area (Å²) in [5.41, 5.74) is 2.19. The maximum Gasteiger partial charge on any atom is 0.220 e. The highest BCUT2D eigenvalue weighted by Crippen LogP contribution is 2.64. The van der Waals surface area contributed by atoms with Crippen LogP contribution < -0.4 is 5.32 Å². The number of allylic oxidation sites excluding steroid dienone is 3. The average Bonchev–Trinajstić information content (AvgIpc) is 2.84. The summed E-state index contributed by atoms with van der Waals surface area (Å²) in [7, 11) is 0. The van der Waals surface area contributed by atoms with Gasteiger partial charge in [-0.25, -0.2) is 0 Å². The summed E-state index contributed by atoms with van der Waals surface area (Å²) in [6.07, 6.45) is 12.7.